The van der Waals surface area contributed by atoms with Crippen LogP contribution < -0.4 is 10.1 Å². The van der Waals surface area contributed by atoms with Gasteiger partial charge in [-0.1, -0.05) is 12.1 Å². The van der Waals surface area contributed by atoms with Crippen molar-refractivity contribution >= 4 is 12.0 Å². The van der Waals surface area contributed by atoms with Gasteiger partial charge in [0.2, 0.25) is 0 Å². The summed E-state index contributed by atoms with van der Waals surface area (Å²) in [5.41, 5.74) is 2.25. The molecule has 1 heterocycles. The maximum atomic E-state index is 12.3. The monoisotopic (exact) mass is 304 g/mol. The Labute approximate surface area is 129 Å². The first-order valence-corrected chi connectivity index (χ1v) is 7.54. The molecule has 1 aliphatic heterocycles. The van der Waals surface area contributed by atoms with Crippen LogP contribution in [0.15, 0.2) is 18.2 Å². The van der Waals surface area contributed by atoms with E-state index in [1.54, 1.807) is 12.0 Å². The van der Waals surface area contributed by atoms with Crippen molar-refractivity contribution in [2.45, 2.75) is 25.3 Å². The van der Waals surface area contributed by atoms with Crippen LogP contribution in [0.4, 0.5) is 4.79 Å². The number of carbonyl (C=O) groups excluding carboxylic acids is 1. The molecular weight excluding hydrogens is 284 g/mol. The van der Waals surface area contributed by atoms with E-state index in [4.69, 9.17) is 9.84 Å². The van der Waals surface area contributed by atoms with Gasteiger partial charge in [0.15, 0.2) is 0 Å². The van der Waals surface area contributed by atoms with Crippen molar-refractivity contribution in [3.8, 4) is 5.75 Å². The van der Waals surface area contributed by atoms with Crippen LogP contribution in [0.1, 0.15) is 30.0 Å². The number of methoxy groups -OCH3 is 1. The molecule has 2 N–H and O–H groups in total. The van der Waals surface area contributed by atoms with E-state index in [0.717, 1.165) is 29.7 Å². The second kappa shape index (κ2) is 5.87. The zero-order valence-corrected chi connectivity index (χ0v) is 12.5. The highest BCUT2D eigenvalue weighted by molar-refractivity contribution is 5.78. The van der Waals surface area contributed by atoms with E-state index >= 15 is 0 Å². The zero-order valence-electron chi connectivity index (χ0n) is 12.5. The van der Waals surface area contributed by atoms with Crippen LogP contribution >= 0.6 is 0 Å². The number of hydrogen-bond acceptors (Lipinski definition) is 3. The summed E-state index contributed by atoms with van der Waals surface area (Å²) in [6, 6.07) is 5.67. The number of carbonyl (C=O) groups is 2. The minimum Gasteiger partial charge on any atom is -0.496 e. The van der Waals surface area contributed by atoms with Gasteiger partial charge in [-0.15, -0.1) is 0 Å². The lowest BCUT2D eigenvalue weighted by Gasteiger charge is -2.21. The number of amides is 2. The highest BCUT2D eigenvalue weighted by Crippen LogP contribution is 2.36. The van der Waals surface area contributed by atoms with Gasteiger partial charge in [0.05, 0.1) is 19.1 Å². The largest absolute Gasteiger partial charge is 0.496 e. The van der Waals surface area contributed by atoms with Crippen molar-refractivity contribution in [2.24, 2.45) is 5.92 Å². The Balaban J connectivity index is 1.66. The molecule has 1 aromatic carbocycles. The summed E-state index contributed by atoms with van der Waals surface area (Å²) in [6.45, 7) is 0.791. The summed E-state index contributed by atoms with van der Waals surface area (Å²) < 4.78 is 5.36. The maximum absolute atomic E-state index is 12.3. The molecule has 22 heavy (non-hydrogen) atoms. The molecule has 0 bridgehead atoms. The summed E-state index contributed by atoms with van der Waals surface area (Å²) in [7, 11) is 1.65. The minimum absolute atomic E-state index is 0.0264. The molecule has 2 amide bonds. The number of carboxylic acid groups (broad SMARTS) is 1. The molecule has 0 aromatic heterocycles. The maximum Gasteiger partial charge on any atom is 0.317 e. The van der Waals surface area contributed by atoms with Gasteiger partial charge in [-0.25, -0.2) is 4.79 Å². The molecule has 2 aliphatic rings. The summed E-state index contributed by atoms with van der Waals surface area (Å²) in [5.74, 6) is -0.408. The fraction of sp³-hybridized carbons (Fsp3) is 0.500. The van der Waals surface area contributed by atoms with Gasteiger partial charge in [-0.3, -0.25) is 4.79 Å². The molecule has 1 aromatic rings. The standard InChI is InChI=1S/C16H20N2O4/c1-22-14-4-2-3-11-12(14)5-6-13(11)17-16(21)18-8-7-10(9-18)15(19)20/h2-4,10,13H,5-9H2,1H3,(H,17,21)(H,19,20). The highest BCUT2D eigenvalue weighted by atomic mass is 16.5. The van der Waals surface area contributed by atoms with E-state index in [2.05, 4.69) is 5.32 Å². The van der Waals surface area contributed by atoms with Crippen molar-refractivity contribution in [2.75, 3.05) is 20.2 Å². The second-order valence-electron chi connectivity index (χ2n) is 5.84. The van der Waals surface area contributed by atoms with Crippen LogP contribution in [0.3, 0.4) is 0 Å². The Morgan fingerprint density at radius 3 is 2.86 bits per heavy atom. The number of rotatable bonds is 3. The molecule has 2 atom stereocenters. The third-order valence-electron chi connectivity index (χ3n) is 4.57. The number of carboxylic acids is 1. The Morgan fingerprint density at radius 2 is 2.18 bits per heavy atom. The summed E-state index contributed by atoms with van der Waals surface area (Å²) >= 11 is 0. The van der Waals surface area contributed by atoms with Crippen molar-refractivity contribution < 1.29 is 19.4 Å². The van der Waals surface area contributed by atoms with Crippen molar-refractivity contribution in [3.05, 3.63) is 29.3 Å². The van der Waals surface area contributed by atoms with Gasteiger partial charge in [0.25, 0.3) is 0 Å². The predicted molar refractivity (Wildman–Crippen MR) is 79.9 cm³/mol. The molecule has 0 radical (unpaired) electrons. The Morgan fingerprint density at radius 1 is 1.36 bits per heavy atom. The number of benzene rings is 1. The highest BCUT2D eigenvalue weighted by Gasteiger charge is 2.33. The number of urea groups is 1. The van der Waals surface area contributed by atoms with Gasteiger partial charge in [-0.2, -0.15) is 0 Å². The molecular formula is C16H20N2O4. The average Bonchev–Trinajstić information content (AvgIpc) is 3.14. The third-order valence-corrected chi connectivity index (χ3v) is 4.57. The molecule has 0 saturated carbocycles. The van der Waals surface area contributed by atoms with Crippen LogP contribution in [-0.2, 0) is 11.2 Å². The number of aliphatic carboxylic acids is 1. The first-order valence-electron chi connectivity index (χ1n) is 7.54. The smallest absolute Gasteiger partial charge is 0.317 e. The molecule has 0 spiro atoms. The Kier molecular flexibility index (Phi) is 3.92. The second-order valence-corrected chi connectivity index (χ2v) is 5.84. The lowest BCUT2D eigenvalue weighted by Crippen LogP contribution is -2.40. The third kappa shape index (κ3) is 2.61. The molecule has 6 nitrogen and oxygen atoms in total. The van der Waals surface area contributed by atoms with Gasteiger partial charge in [-0.05, 0) is 36.5 Å². The van der Waals surface area contributed by atoms with Crippen molar-refractivity contribution in [1.82, 2.24) is 10.2 Å². The lowest BCUT2D eigenvalue weighted by atomic mass is 10.1. The Hall–Kier alpha value is -2.24. The van der Waals surface area contributed by atoms with E-state index in [1.807, 2.05) is 18.2 Å². The fourth-order valence-electron chi connectivity index (χ4n) is 3.35. The molecule has 1 fully saturated rings. The number of hydrogen-bond donors (Lipinski definition) is 2. The van der Waals surface area contributed by atoms with E-state index in [9.17, 15) is 9.59 Å². The van der Waals surface area contributed by atoms with Crippen LogP contribution in [0.2, 0.25) is 0 Å². The average molecular weight is 304 g/mol. The van der Waals surface area contributed by atoms with Crippen LogP contribution in [0.5, 0.6) is 5.75 Å². The summed E-state index contributed by atoms with van der Waals surface area (Å²) in [4.78, 5) is 24.9. The topological polar surface area (TPSA) is 78.9 Å². The summed E-state index contributed by atoms with van der Waals surface area (Å²) in [5, 5.41) is 12.0. The van der Waals surface area contributed by atoms with Crippen LogP contribution in [-0.4, -0.2) is 42.2 Å². The van der Waals surface area contributed by atoms with E-state index in [1.165, 1.54) is 0 Å². The van der Waals surface area contributed by atoms with Gasteiger partial charge in [0, 0.05) is 13.1 Å². The quantitative estimate of drug-likeness (QED) is 0.892. The summed E-state index contributed by atoms with van der Waals surface area (Å²) in [6.07, 6.45) is 2.25. The molecule has 1 saturated heterocycles. The molecule has 118 valence electrons. The Bertz CT molecular complexity index is 602. The molecule has 1 aliphatic carbocycles. The first-order chi connectivity index (χ1) is 10.6. The number of ether oxygens (including phenoxy) is 1. The van der Waals surface area contributed by atoms with Gasteiger partial charge in [0.1, 0.15) is 5.75 Å². The van der Waals surface area contributed by atoms with E-state index in [-0.39, 0.29) is 12.1 Å². The normalized spacial score (nSPS) is 23.2. The number of likely N-dealkylation sites (tertiary alicyclic amines) is 1. The zero-order chi connectivity index (χ0) is 15.7. The lowest BCUT2D eigenvalue weighted by molar-refractivity contribution is -0.141. The number of fused-ring (bicyclic) bond motifs is 1. The van der Waals surface area contributed by atoms with Crippen molar-refractivity contribution in [3.63, 3.8) is 0 Å². The van der Waals surface area contributed by atoms with Gasteiger partial charge < -0.3 is 20.1 Å². The predicted octanol–water partition coefficient (Wildman–Crippen LogP) is 1.80. The van der Waals surface area contributed by atoms with E-state index < -0.39 is 11.9 Å². The van der Waals surface area contributed by atoms with Crippen LogP contribution in [0.25, 0.3) is 0 Å². The van der Waals surface area contributed by atoms with Crippen LogP contribution in [0, 0.1) is 5.92 Å². The van der Waals surface area contributed by atoms with E-state index in [0.29, 0.717) is 19.5 Å². The van der Waals surface area contributed by atoms with Gasteiger partial charge >= 0.3 is 12.0 Å². The minimum atomic E-state index is -0.828. The number of nitrogens with zero attached hydrogens (tertiary/aromatic N) is 1. The molecule has 3 rings (SSSR count). The SMILES string of the molecule is COc1cccc2c1CCC2NC(=O)N1CCC(C(=O)O)C1. The first kappa shape index (κ1) is 14.7. The molecule has 2 unspecified atom stereocenters. The number of nitrogens with one attached hydrogen (secondary N) is 1. The molecule has 6 heteroatoms. The fourth-order valence-corrected chi connectivity index (χ4v) is 3.35. The van der Waals surface area contributed by atoms with Crippen molar-refractivity contribution in [1.29, 1.82) is 0 Å².